The number of halogens is 1. The van der Waals surface area contributed by atoms with Gasteiger partial charge in [0.1, 0.15) is 5.82 Å². The van der Waals surface area contributed by atoms with Gasteiger partial charge in [0.25, 0.3) is 0 Å². The van der Waals surface area contributed by atoms with Crippen LogP contribution in [0.25, 0.3) is 0 Å². The Hall–Kier alpha value is -1.91. The topological polar surface area (TPSA) is 49.4 Å². The average molecular weight is 292 g/mol. The number of carbonyl (C=O) groups excluding carboxylic acids is 2. The molecule has 0 atom stereocenters. The van der Waals surface area contributed by atoms with Crippen LogP contribution in [-0.4, -0.2) is 36.3 Å². The number of hydrogen-bond donors (Lipinski definition) is 1. The van der Waals surface area contributed by atoms with E-state index in [1.165, 1.54) is 12.1 Å². The van der Waals surface area contributed by atoms with Gasteiger partial charge in [-0.2, -0.15) is 0 Å². The lowest BCUT2D eigenvalue weighted by Crippen LogP contribution is -2.32. The fourth-order valence-corrected chi connectivity index (χ4v) is 2.47. The van der Waals surface area contributed by atoms with Gasteiger partial charge in [0.15, 0.2) is 0 Å². The molecule has 0 aliphatic carbocycles. The highest BCUT2D eigenvalue weighted by Crippen LogP contribution is 2.08. The maximum absolute atomic E-state index is 13.0. The van der Waals surface area contributed by atoms with Crippen LogP contribution in [0.15, 0.2) is 24.3 Å². The summed E-state index contributed by atoms with van der Waals surface area (Å²) in [5.41, 5.74) is 0.804. The maximum atomic E-state index is 13.0. The average Bonchev–Trinajstić information content (AvgIpc) is 2.99. The van der Waals surface area contributed by atoms with Crippen LogP contribution in [0, 0.1) is 5.82 Å². The van der Waals surface area contributed by atoms with Crippen LogP contribution >= 0.6 is 0 Å². The van der Waals surface area contributed by atoms with Crippen molar-refractivity contribution in [3.8, 4) is 0 Å². The van der Waals surface area contributed by atoms with Crippen LogP contribution < -0.4 is 5.32 Å². The molecule has 1 aromatic rings. The zero-order valence-electron chi connectivity index (χ0n) is 12.1. The summed E-state index contributed by atoms with van der Waals surface area (Å²) in [6.07, 6.45) is 3.31. The number of carbonyl (C=O) groups is 2. The first-order valence-corrected chi connectivity index (χ1v) is 7.44. The fraction of sp³-hybridized carbons (Fsp3) is 0.500. The van der Waals surface area contributed by atoms with Crippen molar-refractivity contribution in [2.24, 2.45) is 0 Å². The summed E-state index contributed by atoms with van der Waals surface area (Å²) in [6.45, 7) is 2.05. The van der Waals surface area contributed by atoms with Crippen molar-refractivity contribution in [3.63, 3.8) is 0 Å². The minimum Gasteiger partial charge on any atom is -0.356 e. The number of benzene rings is 1. The zero-order valence-corrected chi connectivity index (χ0v) is 12.1. The largest absolute Gasteiger partial charge is 0.356 e. The van der Waals surface area contributed by atoms with E-state index in [0.717, 1.165) is 31.5 Å². The SMILES string of the molecule is O=C(CCc1cccc(F)c1)NCCC(=O)N1CCCC1. The molecule has 0 radical (unpaired) electrons. The third-order valence-corrected chi connectivity index (χ3v) is 3.65. The molecule has 1 N–H and O–H groups in total. The molecule has 114 valence electrons. The molecule has 2 rings (SSSR count). The minimum absolute atomic E-state index is 0.103. The summed E-state index contributed by atoms with van der Waals surface area (Å²) in [5, 5.41) is 2.74. The first kappa shape index (κ1) is 15.5. The quantitative estimate of drug-likeness (QED) is 0.870. The van der Waals surface area contributed by atoms with Gasteiger partial charge in [-0.1, -0.05) is 12.1 Å². The van der Waals surface area contributed by atoms with E-state index in [2.05, 4.69) is 5.32 Å². The lowest BCUT2D eigenvalue weighted by molar-refractivity contribution is -0.130. The van der Waals surface area contributed by atoms with Gasteiger partial charge in [-0.15, -0.1) is 0 Å². The van der Waals surface area contributed by atoms with Gasteiger partial charge in [-0.25, -0.2) is 4.39 Å². The van der Waals surface area contributed by atoms with E-state index in [4.69, 9.17) is 0 Å². The van der Waals surface area contributed by atoms with Crippen molar-refractivity contribution in [2.75, 3.05) is 19.6 Å². The Morgan fingerprint density at radius 1 is 1.19 bits per heavy atom. The van der Waals surface area contributed by atoms with E-state index in [-0.39, 0.29) is 17.6 Å². The summed E-state index contributed by atoms with van der Waals surface area (Å²) in [6, 6.07) is 6.25. The molecule has 4 nitrogen and oxygen atoms in total. The molecule has 0 bridgehead atoms. The van der Waals surface area contributed by atoms with Crippen LogP contribution in [0.3, 0.4) is 0 Å². The smallest absolute Gasteiger partial charge is 0.224 e. The Kier molecular flexibility index (Phi) is 5.72. The van der Waals surface area contributed by atoms with Crippen molar-refractivity contribution in [1.29, 1.82) is 0 Å². The van der Waals surface area contributed by atoms with Crippen molar-refractivity contribution >= 4 is 11.8 Å². The predicted molar refractivity (Wildman–Crippen MR) is 78.2 cm³/mol. The molecule has 0 aromatic heterocycles. The first-order chi connectivity index (χ1) is 10.1. The molecule has 2 amide bonds. The van der Waals surface area contributed by atoms with Gasteiger partial charge < -0.3 is 10.2 Å². The van der Waals surface area contributed by atoms with Crippen LogP contribution in [0.5, 0.6) is 0 Å². The van der Waals surface area contributed by atoms with Crippen molar-refractivity contribution in [1.82, 2.24) is 10.2 Å². The second-order valence-electron chi connectivity index (χ2n) is 5.32. The molecule has 0 unspecified atom stereocenters. The van der Waals surface area contributed by atoms with E-state index in [0.29, 0.717) is 25.8 Å². The van der Waals surface area contributed by atoms with Gasteiger partial charge >= 0.3 is 0 Å². The molecule has 1 fully saturated rings. The predicted octanol–water partition coefficient (Wildman–Crippen LogP) is 1.89. The van der Waals surface area contributed by atoms with Gasteiger partial charge in [0.2, 0.25) is 11.8 Å². The highest BCUT2D eigenvalue weighted by Gasteiger charge is 2.17. The van der Waals surface area contributed by atoms with Crippen molar-refractivity contribution < 1.29 is 14.0 Å². The highest BCUT2D eigenvalue weighted by molar-refractivity contribution is 5.79. The highest BCUT2D eigenvalue weighted by atomic mass is 19.1. The molecule has 1 aliphatic rings. The van der Waals surface area contributed by atoms with Gasteiger partial charge in [0.05, 0.1) is 0 Å². The summed E-state index contributed by atoms with van der Waals surface area (Å²) in [4.78, 5) is 25.3. The molecule has 1 heterocycles. The molecular weight excluding hydrogens is 271 g/mol. The number of rotatable bonds is 6. The van der Waals surface area contributed by atoms with E-state index in [1.54, 1.807) is 12.1 Å². The van der Waals surface area contributed by atoms with Gasteiger partial charge in [-0.3, -0.25) is 9.59 Å². The molecule has 1 aliphatic heterocycles. The normalized spacial score (nSPS) is 14.2. The monoisotopic (exact) mass is 292 g/mol. The van der Waals surface area contributed by atoms with E-state index < -0.39 is 0 Å². The number of aryl methyl sites for hydroxylation is 1. The van der Waals surface area contributed by atoms with Crippen molar-refractivity contribution in [3.05, 3.63) is 35.6 Å². The molecule has 21 heavy (non-hydrogen) atoms. The Morgan fingerprint density at radius 2 is 1.95 bits per heavy atom. The third-order valence-electron chi connectivity index (χ3n) is 3.65. The van der Waals surface area contributed by atoms with E-state index >= 15 is 0 Å². The minimum atomic E-state index is -0.288. The standard InChI is InChI=1S/C16H21FN2O2/c17-14-5-3-4-13(12-14)6-7-15(20)18-9-8-16(21)19-10-1-2-11-19/h3-5,12H,1-2,6-11H2,(H,18,20). The van der Waals surface area contributed by atoms with Crippen molar-refractivity contribution in [2.45, 2.75) is 32.1 Å². The fourth-order valence-electron chi connectivity index (χ4n) is 2.47. The number of hydrogen-bond acceptors (Lipinski definition) is 2. The van der Waals surface area contributed by atoms with Crippen LogP contribution in [0.2, 0.25) is 0 Å². The molecule has 1 saturated heterocycles. The lowest BCUT2D eigenvalue weighted by atomic mass is 10.1. The molecule has 0 saturated carbocycles. The Balaban J connectivity index is 1.62. The number of nitrogens with zero attached hydrogens (tertiary/aromatic N) is 1. The van der Waals surface area contributed by atoms with Crippen LogP contribution in [-0.2, 0) is 16.0 Å². The zero-order chi connectivity index (χ0) is 15.1. The van der Waals surface area contributed by atoms with E-state index in [9.17, 15) is 14.0 Å². The number of nitrogens with one attached hydrogen (secondary N) is 1. The molecule has 5 heteroatoms. The second kappa shape index (κ2) is 7.76. The number of likely N-dealkylation sites (tertiary alicyclic amines) is 1. The van der Waals surface area contributed by atoms with Crippen LogP contribution in [0.1, 0.15) is 31.2 Å². The van der Waals surface area contributed by atoms with Crippen LogP contribution in [0.4, 0.5) is 4.39 Å². The molecule has 0 spiro atoms. The number of amides is 2. The molecule has 1 aromatic carbocycles. The second-order valence-corrected chi connectivity index (χ2v) is 5.32. The summed E-state index contributed by atoms with van der Waals surface area (Å²) < 4.78 is 13.0. The lowest BCUT2D eigenvalue weighted by Gasteiger charge is -2.15. The molecular formula is C16H21FN2O2. The first-order valence-electron chi connectivity index (χ1n) is 7.44. The summed E-state index contributed by atoms with van der Waals surface area (Å²) >= 11 is 0. The summed E-state index contributed by atoms with van der Waals surface area (Å²) in [7, 11) is 0. The Labute approximate surface area is 124 Å². The van der Waals surface area contributed by atoms with Gasteiger partial charge in [0, 0.05) is 32.5 Å². The Morgan fingerprint density at radius 3 is 2.67 bits per heavy atom. The third kappa shape index (κ3) is 5.17. The maximum Gasteiger partial charge on any atom is 0.224 e. The van der Waals surface area contributed by atoms with Gasteiger partial charge in [-0.05, 0) is 37.0 Å². The summed E-state index contributed by atoms with van der Waals surface area (Å²) in [5.74, 6) is -0.282. The Bertz CT molecular complexity index is 499. The van der Waals surface area contributed by atoms with E-state index in [1.807, 2.05) is 4.90 Å².